The van der Waals surface area contributed by atoms with E-state index in [0.717, 1.165) is 0 Å². The number of amides is 2. The van der Waals surface area contributed by atoms with Crippen LogP contribution in [0.3, 0.4) is 0 Å². The molecule has 0 aromatic rings. The smallest absolute Gasteiger partial charge is 0.217 e. The van der Waals surface area contributed by atoms with Crippen molar-refractivity contribution in [2.45, 2.75) is 13.8 Å². The Morgan fingerprint density at radius 1 is 0.846 bits per heavy atom. The van der Waals surface area contributed by atoms with Gasteiger partial charge < -0.3 is 10.6 Å². The minimum atomic E-state index is -0.0747. The number of hydrogen-bond donors (Lipinski definition) is 4. The molecule has 6 nitrogen and oxygen atoms in total. The lowest BCUT2D eigenvalue weighted by atomic mass is 10.7. The Hall–Kier alpha value is -1.14. The lowest BCUT2D eigenvalue weighted by Crippen LogP contribution is -2.41. The fourth-order valence-electron chi connectivity index (χ4n) is 0.587. The lowest BCUT2D eigenvalue weighted by molar-refractivity contribution is -0.119. The van der Waals surface area contributed by atoms with Crippen LogP contribution < -0.4 is 21.3 Å². The highest BCUT2D eigenvalue weighted by Gasteiger charge is 1.89. The first kappa shape index (κ1) is 11.9. The molecule has 0 spiro atoms. The summed E-state index contributed by atoms with van der Waals surface area (Å²) in [6.07, 6.45) is 0. The number of carbonyl (C=O) groups is 2. The van der Waals surface area contributed by atoms with E-state index in [1.54, 1.807) is 0 Å². The van der Waals surface area contributed by atoms with Crippen LogP contribution >= 0.6 is 0 Å². The van der Waals surface area contributed by atoms with Crippen LogP contribution in [0.4, 0.5) is 0 Å². The van der Waals surface area contributed by atoms with Gasteiger partial charge in [0, 0.05) is 20.5 Å². The molecule has 0 unspecified atom stereocenters. The van der Waals surface area contributed by atoms with Crippen LogP contribution in [0.1, 0.15) is 13.8 Å². The maximum Gasteiger partial charge on any atom is 0.217 e. The minimum Gasteiger partial charge on any atom is -0.344 e. The predicted molar refractivity (Wildman–Crippen MR) is 48.5 cm³/mol. The average molecular weight is 188 g/mol. The number of rotatable bonds is 6. The molecule has 0 aliphatic rings. The van der Waals surface area contributed by atoms with Crippen LogP contribution in [-0.4, -0.2) is 31.8 Å². The van der Waals surface area contributed by atoms with Crippen LogP contribution in [0.25, 0.3) is 0 Å². The third-order valence-corrected chi connectivity index (χ3v) is 1.17. The first-order valence-electron chi connectivity index (χ1n) is 4.03. The van der Waals surface area contributed by atoms with E-state index in [-0.39, 0.29) is 11.8 Å². The van der Waals surface area contributed by atoms with Crippen molar-refractivity contribution in [2.75, 3.05) is 20.0 Å². The molecule has 4 N–H and O–H groups in total. The van der Waals surface area contributed by atoms with Gasteiger partial charge in [0.25, 0.3) is 0 Å². The molecule has 0 saturated heterocycles. The molecule has 0 rings (SSSR count). The predicted octanol–water partition coefficient (Wildman–Crippen LogP) is -1.69. The van der Waals surface area contributed by atoms with Gasteiger partial charge in [-0.25, -0.2) is 0 Å². The second-order valence-electron chi connectivity index (χ2n) is 2.50. The molecule has 0 aromatic heterocycles. The van der Waals surface area contributed by atoms with Crippen molar-refractivity contribution in [1.29, 1.82) is 0 Å². The Morgan fingerprint density at radius 2 is 1.23 bits per heavy atom. The third kappa shape index (κ3) is 10.9. The van der Waals surface area contributed by atoms with E-state index in [9.17, 15) is 9.59 Å². The topological polar surface area (TPSA) is 82.3 Å². The van der Waals surface area contributed by atoms with Gasteiger partial charge in [-0.15, -0.1) is 0 Å². The van der Waals surface area contributed by atoms with Gasteiger partial charge in [-0.2, -0.15) is 0 Å². The summed E-state index contributed by atoms with van der Waals surface area (Å²) in [5.41, 5.74) is 0. The second-order valence-corrected chi connectivity index (χ2v) is 2.50. The molecule has 0 aliphatic carbocycles. The molecule has 6 heteroatoms. The van der Waals surface area contributed by atoms with Gasteiger partial charge in [-0.3, -0.25) is 20.2 Å². The molecule has 0 aromatic carbocycles. The molecule has 76 valence electrons. The zero-order valence-electron chi connectivity index (χ0n) is 7.94. The molecule has 0 saturated carbocycles. The van der Waals surface area contributed by atoms with Gasteiger partial charge in [0.2, 0.25) is 11.8 Å². The molecular formula is C7H16N4O2. The Kier molecular flexibility index (Phi) is 6.85. The van der Waals surface area contributed by atoms with Crippen LogP contribution in [0.2, 0.25) is 0 Å². The lowest BCUT2D eigenvalue weighted by Gasteiger charge is -2.07. The van der Waals surface area contributed by atoms with Crippen LogP contribution in [0.5, 0.6) is 0 Å². The van der Waals surface area contributed by atoms with E-state index in [2.05, 4.69) is 21.3 Å². The van der Waals surface area contributed by atoms with E-state index in [4.69, 9.17) is 0 Å². The molecule has 0 heterocycles. The molecule has 0 bridgehead atoms. The van der Waals surface area contributed by atoms with Crippen molar-refractivity contribution in [3.8, 4) is 0 Å². The van der Waals surface area contributed by atoms with E-state index in [1.807, 2.05) is 0 Å². The third-order valence-electron chi connectivity index (χ3n) is 1.17. The monoisotopic (exact) mass is 188 g/mol. The number of nitrogens with one attached hydrogen (secondary N) is 4. The van der Waals surface area contributed by atoms with Crippen molar-refractivity contribution >= 4 is 11.8 Å². The first-order valence-corrected chi connectivity index (χ1v) is 4.03. The van der Waals surface area contributed by atoms with Gasteiger partial charge in [-0.05, 0) is 0 Å². The van der Waals surface area contributed by atoms with Crippen molar-refractivity contribution in [2.24, 2.45) is 0 Å². The minimum absolute atomic E-state index is 0.0747. The number of hydrogen-bond acceptors (Lipinski definition) is 4. The Morgan fingerprint density at radius 3 is 1.54 bits per heavy atom. The molecule has 0 fully saturated rings. The summed E-state index contributed by atoms with van der Waals surface area (Å²) in [5, 5.41) is 10.9. The highest BCUT2D eigenvalue weighted by Crippen LogP contribution is 1.58. The van der Waals surface area contributed by atoms with Crippen LogP contribution in [-0.2, 0) is 9.59 Å². The fourth-order valence-corrected chi connectivity index (χ4v) is 0.587. The standard InChI is InChI=1S/C7H16N4O2/c1-6(12)10-4-8-3-9-5-11-7(2)13/h8-9H,3-5H2,1-2H3,(H,10,12)(H,11,13). The van der Waals surface area contributed by atoms with Gasteiger partial charge in [0.1, 0.15) is 0 Å². The summed E-state index contributed by atoms with van der Waals surface area (Å²) >= 11 is 0. The molecular weight excluding hydrogens is 172 g/mol. The van der Waals surface area contributed by atoms with E-state index in [0.29, 0.717) is 20.0 Å². The van der Waals surface area contributed by atoms with E-state index < -0.39 is 0 Å². The highest BCUT2D eigenvalue weighted by atomic mass is 16.2. The Labute approximate surface area is 77.5 Å². The quantitative estimate of drug-likeness (QED) is 0.296. The van der Waals surface area contributed by atoms with Gasteiger partial charge in [0.05, 0.1) is 13.3 Å². The highest BCUT2D eigenvalue weighted by molar-refractivity contribution is 5.72. The summed E-state index contributed by atoms with van der Waals surface area (Å²) in [6, 6.07) is 0. The van der Waals surface area contributed by atoms with Crippen molar-refractivity contribution in [3.05, 3.63) is 0 Å². The first-order chi connectivity index (χ1) is 6.13. The zero-order chi connectivity index (χ0) is 10.1. The largest absolute Gasteiger partial charge is 0.344 e. The zero-order valence-corrected chi connectivity index (χ0v) is 7.94. The van der Waals surface area contributed by atoms with Crippen molar-refractivity contribution in [1.82, 2.24) is 21.3 Å². The Bertz CT molecular complexity index is 154. The second kappa shape index (κ2) is 7.51. The van der Waals surface area contributed by atoms with Crippen LogP contribution in [0, 0.1) is 0 Å². The summed E-state index contributed by atoms with van der Waals surface area (Å²) in [5.74, 6) is -0.149. The van der Waals surface area contributed by atoms with Gasteiger partial charge in [-0.1, -0.05) is 0 Å². The molecule has 2 amide bonds. The summed E-state index contributed by atoms with van der Waals surface area (Å²) < 4.78 is 0. The van der Waals surface area contributed by atoms with Gasteiger partial charge in [0.15, 0.2) is 0 Å². The average Bonchev–Trinajstić information content (AvgIpc) is 2.01. The molecule has 13 heavy (non-hydrogen) atoms. The molecule has 0 atom stereocenters. The summed E-state index contributed by atoms with van der Waals surface area (Å²) in [4.78, 5) is 20.8. The molecule has 0 aliphatic heterocycles. The summed E-state index contributed by atoms with van der Waals surface area (Å²) in [7, 11) is 0. The Balaban J connectivity index is 3.00. The SMILES string of the molecule is CC(=O)NCNCNCNC(C)=O. The van der Waals surface area contributed by atoms with E-state index in [1.165, 1.54) is 13.8 Å². The molecule has 0 radical (unpaired) electrons. The van der Waals surface area contributed by atoms with Crippen molar-refractivity contribution in [3.63, 3.8) is 0 Å². The summed E-state index contributed by atoms with van der Waals surface area (Å²) in [6.45, 7) is 4.27. The van der Waals surface area contributed by atoms with Crippen LogP contribution in [0.15, 0.2) is 0 Å². The number of carbonyl (C=O) groups excluding carboxylic acids is 2. The fraction of sp³-hybridized carbons (Fsp3) is 0.714. The maximum atomic E-state index is 10.4. The van der Waals surface area contributed by atoms with Crippen molar-refractivity contribution < 1.29 is 9.59 Å². The maximum absolute atomic E-state index is 10.4. The normalized spacial score (nSPS) is 9.38. The van der Waals surface area contributed by atoms with E-state index >= 15 is 0 Å². The van der Waals surface area contributed by atoms with Gasteiger partial charge >= 0.3 is 0 Å².